The first-order valence-corrected chi connectivity index (χ1v) is 10.8. The third kappa shape index (κ3) is 3.96. The molecule has 0 spiro atoms. The largest absolute Gasteiger partial charge is 0.342 e. The molecule has 8 heteroatoms. The van der Waals surface area contributed by atoms with Crippen LogP contribution in [0.3, 0.4) is 0 Å². The number of piperazine rings is 2. The van der Waals surface area contributed by atoms with Gasteiger partial charge in [0.05, 0.1) is 24.2 Å². The van der Waals surface area contributed by atoms with Crippen LogP contribution in [0.4, 0.5) is 11.6 Å². The maximum absolute atomic E-state index is 13.0. The Morgan fingerprint density at radius 3 is 1.33 bits per heavy atom. The van der Waals surface area contributed by atoms with Crippen LogP contribution < -0.4 is 9.80 Å². The van der Waals surface area contributed by atoms with Crippen molar-refractivity contribution in [2.45, 2.75) is 78.6 Å². The summed E-state index contributed by atoms with van der Waals surface area (Å²) in [6.45, 7) is 18.4. The molecule has 2 aliphatic heterocycles. The zero-order chi connectivity index (χ0) is 22.4. The molecule has 0 bridgehead atoms. The summed E-state index contributed by atoms with van der Waals surface area (Å²) in [6, 6.07) is 0.275. The summed E-state index contributed by atoms with van der Waals surface area (Å²) in [4.78, 5) is 43.0. The first kappa shape index (κ1) is 22.3. The number of anilines is 2. The molecule has 166 valence electrons. The van der Waals surface area contributed by atoms with Crippen molar-refractivity contribution in [2.75, 3.05) is 36.0 Å². The highest BCUT2D eigenvalue weighted by Crippen LogP contribution is 2.34. The molecule has 2 amide bonds. The number of aromatic nitrogens is 2. The van der Waals surface area contributed by atoms with Gasteiger partial charge in [0, 0.05) is 37.6 Å². The molecule has 0 unspecified atom stereocenters. The fraction of sp³-hybridized carbons (Fsp3) is 0.727. The topological polar surface area (TPSA) is 72.9 Å². The molecule has 0 aromatic carbocycles. The minimum atomic E-state index is -0.330. The molecule has 3 rings (SSSR count). The molecule has 0 saturated carbocycles. The number of rotatable bonds is 4. The standard InChI is InChI=1S/C22H36N6O2/c1-15(2)27-17(29)11-25(13-21(27,5)6)19-20(24-10-9-23-19)26-12-18(30)28(16(3)4)22(7,8)14-26/h9-10,15-16H,11-14H2,1-8H3. The average molecular weight is 417 g/mol. The van der Waals surface area contributed by atoms with Crippen LogP contribution in [0.25, 0.3) is 0 Å². The highest BCUT2D eigenvalue weighted by Gasteiger charge is 2.44. The number of carbonyl (C=O) groups excluding carboxylic acids is 2. The van der Waals surface area contributed by atoms with Gasteiger partial charge in [-0.1, -0.05) is 0 Å². The van der Waals surface area contributed by atoms with Crippen molar-refractivity contribution in [1.29, 1.82) is 0 Å². The lowest BCUT2D eigenvalue weighted by molar-refractivity contribution is -0.140. The van der Waals surface area contributed by atoms with Gasteiger partial charge in [0.1, 0.15) is 0 Å². The van der Waals surface area contributed by atoms with Crippen molar-refractivity contribution >= 4 is 23.5 Å². The van der Waals surface area contributed by atoms with Crippen molar-refractivity contribution in [1.82, 2.24) is 19.8 Å². The second-order valence-corrected chi connectivity index (χ2v) is 10.3. The molecule has 0 radical (unpaired) electrons. The van der Waals surface area contributed by atoms with E-state index in [-0.39, 0.29) is 48.1 Å². The summed E-state index contributed by atoms with van der Waals surface area (Å²) in [6.07, 6.45) is 3.31. The number of carbonyl (C=O) groups is 2. The van der Waals surface area contributed by atoms with Gasteiger partial charge in [0.2, 0.25) is 11.8 Å². The summed E-state index contributed by atoms with van der Waals surface area (Å²) in [5.41, 5.74) is -0.659. The fourth-order valence-electron chi connectivity index (χ4n) is 5.40. The zero-order valence-electron chi connectivity index (χ0n) is 19.6. The lowest BCUT2D eigenvalue weighted by Gasteiger charge is -2.51. The van der Waals surface area contributed by atoms with Crippen LogP contribution in [0, 0.1) is 0 Å². The molecule has 30 heavy (non-hydrogen) atoms. The van der Waals surface area contributed by atoms with Crippen molar-refractivity contribution in [3.63, 3.8) is 0 Å². The van der Waals surface area contributed by atoms with Crippen molar-refractivity contribution in [3.8, 4) is 0 Å². The monoisotopic (exact) mass is 416 g/mol. The Labute approximate surface area is 180 Å². The Morgan fingerprint density at radius 1 is 0.733 bits per heavy atom. The second-order valence-electron chi connectivity index (χ2n) is 10.3. The summed E-state index contributed by atoms with van der Waals surface area (Å²) in [5.74, 6) is 1.51. The fourth-order valence-corrected chi connectivity index (χ4v) is 5.40. The summed E-state index contributed by atoms with van der Waals surface area (Å²) in [5, 5.41) is 0. The average Bonchev–Trinajstić information content (AvgIpc) is 2.58. The Kier molecular flexibility index (Phi) is 5.73. The molecule has 1 aromatic rings. The van der Waals surface area contributed by atoms with E-state index in [1.165, 1.54) is 0 Å². The number of hydrogen-bond acceptors (Lipinski definition) is 6. The number of hydrogen-bond donors (Lipinski definition) is 0. The molecule has 3 heterocycles. The normalized spacial score (nSPS) is 21.8. The van der Waals surface area contributed by atoms with Gasteiger partial charge in [-0.15, -0.1) is 0 Å². The number of nitrogens with zero attached hydrogens (tertiary/aromatic N) is 6. The van der Waals surface area contributed by atoms with E-state index in [0.717, 1.165) is 0 Å². The van der Waals surface area contributed by atoms with Crippen LogP contribution in [0.5, 0.6) is 0 Å². The molecular formula is C22H36N6O2. The summed E-state index contributed by atoms with van der Waals surface area (Å²) < 4.78 is 0. The van der Waals surface area contributed by atoms with Gasteiger partial charge in [-0.05, 0) is 55.4 Å². The predicted molar refractivity (Wildman–Crippen MR) is 119 cm³/mol. The lowest BCUT2D eigenvalue weighted by Crippen LogP contribution is -2.65. The van der Waals surface area contributed by atoms with E-state index in [4.69, 9.17) is 0 Å². The van der Waals surface area contributed by atoms with E-state index in [9.17, 15) is 9.59 Å². The molecule has 2 fully saturated rings. The molecular weight excluding hydrogens is 380 g/mol. The van der Waals surface area contributed by atoms with Crippen LogP contribution in [0.15, 0.2) is 12.4 Å². The SMILES string of the molecule is CC(C)N1C(=O)CN(c2nccnc2N2CC(=O)N(C(C)C)C(C)(C)C2)CC1(C)C. The van der Waals surface area contributed by atoms with Gasteiger partial charge in [0.25, 0.3) is 0 Å². The van der Waals surface area contributed by atoms with Crippen LogP contribution in [-0.2, 0) is 9.59 Å². The maximum Gasteiger partial charge on any atom is 0.242 e. The molecule has 0 atom stereocenters. The molecule has 2 aliphatic rings. The van der Waals surface area contributed by atoms with Crippen LogP contribution in [-0.4, -0.2) is 80.9 Å². The first-order valence-electron chi connectivity index (χ1n) is 10.8. The van der Waals surface area contributed by atoms with E-state index in [1.807, 2.05) is 47.3 Å². The maximum atomic E-state index is 13.0. The first-order chi connectivity index (χ1) is 13.8. The zero-order valence-corrected chi connectivity index (χ0v) is 19.6. The Balaban J connectivity index is 1.93. The van der Waals surface area contributed by atoms with Gasteiger partial charge in [0.15, 0.2) is 11.6 Å². The van der Waals surface area contributed by atoms with Gasteiger partial charge >= 0.3 is 0 Å². The highest BCUT2D eigenvalue weighted by molar-refractivity contribution is 5.87. The molecule has 8 nitrogen and oxygen atoms in total. The summed E-state index contributed by atoms with van der Waals surface area (Å²) in [7, 11) is 0. The van der Waals surface area contributed by atoms with Crippen molar-refractivity contribution in [3.05, 3.63) is 12.4 Å². The smallest absolute Gasteiger partial charge is 0.242 e. The number of amides is 2. The van der Waals surface area contributed by atoms with E-state index >= 15 is 0 Å². The minimum absolute atomic E-state index is 0.0823. The van der Waals surface area contributed by atoms with Crippen molar-refractivity contribution in [2.24, 2.45) is 0 Å². The van der Waals surface area contributed by atoms with Gasteiger partial charge < -0.3 is 19.6 Å². The van der Waals surface area contributed by atoms with E-state index in [2.05, 4.69) is 37.7 Å². The lowest BCUT2D eigenvalue weighted by atomic mass is 9.95. The van der Waals surface area contributed by atoms with Gasteiger partial charge in [-0.25, -0.2) is 9.97 Å². The third-order valence-electron chi connectivity index (χ3n) is 5.94. The molecule has 0 aliphatic carbocycles. The van der Waals surface area contributed by atoms with Crippen LogP contribution >= 0.6 is 0 Å². The Morgan fingerprint density at radius 2 is 1.07 bits per heavy atom. The van der Waals surface area contributed by atoms with E-state index in [0.29, 0.717) is 24.7 Å². The van der Waals surface area contributed by atoms with Crippen LogP contribution in [0.1, 0.15) is 55.4 Å². The van der Waals surface area contributed by atoms with Crippen molar-refractivity contribution < 1.29 is 9.59 Å². The predicted octanol–water partition coefficient (Wildman–Crippen LogP) is 2.15. The van der Waals surface area contributed by atoms with Gasteiger partial charge in [-0.2, -0.15) is 0 Å². The van der Waals surface area contributed by atoms with Crippen LogP contribution in [0.2, 0.25) is 0 Å². The second kappa shape index (κ2) is 7.71. The molecule has 1 aromatic heterocycles. The van der Waals surface area contributed by atoms with Gasteiger partial charge in [-0.3, -0.25) is 9.59 Å². The Hall–Kier alpha value is -2.38. The Bertz CT molecular complexity index is 753. The summed E-state index contributed by atoms with van der Waals surface area (Å²) >= 11 is 0. The molecule has 2 saturated heterocycles. The van der Waals surface area contributed by atoms with E-state index in [1.54, 1.807) is 12.4 Å². The van der Waals surface area contributed by atoms with E-state index < -0.39 is 0 Å². The highest BCUT2D eigenvalue weighted by atomic mass is 16.2. The minimum Gasteiger partial charge on any atom is -0.342 e. The third-order valence-corrected chi connectivity index (χ3v) is 5.94. The quantitative estimate of drug-likeness (QED) is 0.749. The molecule has 0 N–H and O–H groups in total.